The van der Waals surface area contributed by atoms with Gasteiger partial charge >= 0.3 is 0 Å². The highest BCUT2D eigenvalue weighted by Crippen LogP contribution is 2.01. The van der Waals surface area contributed by atoms with Crippen molar-refractivity contribution in [3.63, 3.8) is 0 Å². The van der Waals surface area contributed by atoms with Gasteiger partial charge in [0.25, 0.3) is 0 Å². The fourth-order valence-electron chi connectivity index (χ4n) is 1.72. The van der Waals surface area contributed by atoms with Crippen molar-refractivity contribution in [1.29, 1.82) is 0 Å². The van der Waals surface area contributed by atoms with Crippen molar-refractivity contribution in [3.05, 3.63) is 0 Å². The zero-order valence-electron chi connectivity index (χ0n) is 9.63. The van der Waals surface area contributed by atoms with E-state index < -0.39 is 0 Å². The van der Waals surface area contributed by atoms with Crippen molar-refractivity contribution in [1.82, 2.24) is 10.2 Å². The monoisotopic (exact) mass is 214 g/mol. The molecule has 0 aromatic heterocycles. The molecule has 1 N–H and O–H groups in total. The number of hydrogen-bond donors (Lipinski definition) is 1. The molecule has 4 nitrogen and oxygen atoms in total. The van der Waals surface area contributed by atoms with Gasteiger partial charge in [0, 0.05) is 39.3 Å². The number of carbonyl (C=O) groups is 1. The summed E-state index contributed by atoms with van der Waals surface area (Å²) < 4.78 is 5.21. The van der Waals surface area contributed by atoms with Crippen LogP contribution in [0.5, 0.6) is 0 Å². The van der Waals surface area contributed by atoms with Crippen LogP contribution < -0.4 is 5.32 Å². The highest BCUT2D eigenvalue weighted by molar-refractivity contribution is 5.76. The maximum Gasteiger partial charge on any atom is 0.222 e. The first kappa shape index (κ1) is 12.5. The Hall–Kier alpha value is -0.610. The van der Waals surface area contributed by atoms with Crippen LogP contribution in [-0.4, -0.2) is 50.2 Å². The van der Waals surface area contributed by atoms with Crippen LogP contribution in [-0.2, 0) is 9.53 Å². The Labute approximate surface area is 92.0 Å². The number of nitrogens with zero attached hydrogens (tertiary/aromatic N) is 1. The first-order chi connectivity index (χ1) is 7.34. The van der Waals surface area contributed by atoms with Crippen LogP contribution in [0.25, 0.3) is 0 Å². The smallest absolute Gasteiger partial charge is 0.222 e. The lowest BCUT2D eigenvalue weighted by molar-refractivity contribution is -0.131. The second-order valence-corrected chi connectivity index (χ2v) is 3.78. The van der Waals surface area contributed by atoms with Crippen molar-refractivity contribution < 1.29 is 9.53 Å². The van der Waals surface area contributed by atoms with Gasteiger partial charge in [0.15, 0.2) is 0 Å². The first-order valence-corrected chi connectivity index (χ1v) is 5.91. The Morgan fingerprint density at radius 3 is 3.07 bits per heavy atom. The van der Waals surface area contributed by atoms with E-state index in [9.17, 15) is 4.79 Å². The van der Waals surface area contributed by atoms with E-state index in [-0.39, 0.29) is 5.91 Å². The van der Waals surface area contributed by atoms with Gasteiger partial charge in [-0.25, -0.2) is 0 Å². The molecule has 1 amide bonds. The van der Waals surface area contributed by atoms with Crippen LogP contribution >= 0.6 is 0 Å². The third-order valence-electron chi connectivity index (χ3n) is 2.58. The van der Waals surface area contributed by atoms with E-state index in [0.717, 1.165) is 45.6 Å². The molecule has 0 aromatic carbocycles. The average molecular weight is 214 g/mol. The summed E-state index contributed by atoms with van der Waals surface area (Å²) >= 11 is 0. The molecule has 0 radical (unpaired) electrons. The molecule has 1 fully saturated rings. The van der Waals surface area contributed by atoms with Crippen LogP contribution in [0.3, 0.4) is 0 Å². The average Bonchev–Trinajstić information content (AvgIpc) is 2.52. The molecule has 0 bridgehead atoms. The normalized spacial score (nSPS) is 17.5. The lowest BCUT2D eigenvalue weighted by atomic mass is 10.2. The van der Waals surface area contributed by atoms with Crippen LogP contribution in [0.15, 0.2) is 0 Å². The van der Waals surface area contributed by atoms with Crippen molar-refractivity contribution in [3.8, 4) is 0 Å². The van der Waals surface area contributed by atoms with Gasteiger partial charge in [-0.1, -0.05) is 0 Å². The second kappa shape index (κ2) is 7.65. The fourth-order valence-corrected chi connectivity index (χ4v) is 1.72. The highest BCUT2D eigenvalue weighted by atomic mass is 16.5. The molecule has 0 aliphatic carbocycles. The Morgan fingerprint density at radius 1 is 1.40 bits per heavy atom. The number of hydrogen-bond acceptors (Lipinski definition) is 3. The van der Waals surface area contributed by atoms with Crippen molar-refractivity contribution >= 4 is 5.91 Å². The van der Waals surface area contributed by atoms with Gasteiger partial charge in [0.2, 0.25) is 5.91 Å². The van der Waals surface area contributed by atoms with E-state index in [1.807, 2.05) is 11.8 Å². The summed E-state index contributed by atoms with van der Waals surface area (Å²) in [5.41, 5.74) is 0. The van der Waals surface area contributed by atoms with E-state index >= 15 is 0 Å². The molecular formula is C11H22N2O2. The zero-order valence-corrected chi connectivity index (χ0v) is 9.63. The molecule has 1 aliphatic heterocycles. The highest BCUT2D eigenvalue weighted by Gasteiger charge is 2.14. The lowest BCUT2D eigenvalue weighted by Gasteiger charge is -2.19. The molecule has 0 spiro atoms. The molecule has 0 saturated carbocycles. The van der Waals surface area contributed by atoms with Gasteiger partial charge in [-0.3, -0.25) is 4.79 Å². The topological polar surface area (TPSA) is 41.6 Å². The lowest BCUT2D eigenvalue weighted by Crippen LogP contribution is -2.34. The number of ether oxygens (including phenoxy) is 1. The summed E-state index contributed by atoms with van der Waals surface area (Å²) in [6.45, 7) is 7.13. The largest absolute Gasteiger partial charge is 0.382 e. The van der Waals surface area contributed by atoms with Gasteiger partial charge in [-0.2, -0.15) is 0 Å². The molecule has 88 valence electrons. The first-order valence-electron chi connectivity index (χ1n) is 5.91. The number of amides is 1. The molecule has 1 aliphatic rings. The maximum absolute atomic E-state index is 11.8. The third-order valence-corrected chi connectivity index (χ3v) is 2.58. The minimum absolute atomic E-state index is 0.276. The third kappa shape index (κ3) is 5.14. The quantitative estimate of drug-likeness (QED) is 0.682. The van der Waals surface area contributed by atoms with E-state index in [1.165, 1.54) is 0 Å². The van der Waals surface area contributed by atoms with Gasteiger partial charge in [0.1, 0.15) is 0 Å². The standard InChI is InChI=1S/C11H22N2O2/c1-2-15-10-3-5-11(14)13-8-4-6-12-7-9-13/h12H,2-10H2,1H3. The van der Waals surface area contributed by atoms with Gasteiger partial charge in [-0.05, 0) is 26.3 Å². The minimum Gasteiger partial charge on any atom is -0.382 e. The molecular weight excluding hydrogens is 192 g/mol. The molecule has 4 heteroatoms. The Kier molecular flexibility index (Phi) is 6.36. The number of rotatable bonds is 5. The van der Waals surface area contributed by atoms with E-state index in [4.69, 9.17) is 4.74 Å². The van der Waals surface area contributed by atoms with Crippen LogP contribution in [0, 0.1) is 0 Å². The zero-order chi connectivity index (χ0) is 10.9. The number of carbonyl (C=O) groups excluding carboxylic acids is 1. The van der Waals surface area contributed by atoms with Crippen molar-refractivity contribution in [2.24, 2.45) is 0 Å². The van der Waals surface area contributed by atoms with Crippen molar-refractivity contribution in [2.45, 2.75) is 26.2 Å². The maximum atomic E-state index is 11.8. The summed E-state index contributed by atoms with van der Waals surface area (Å²) in [6.07, 6.45) is 2.54. The Balaban J connectivity index is 2.14. The molecule has 0 atom stereocenters. The molecule has 15 heavy (non-hydrogen) atoms. The van der Waals surface area contributed by atoms with E-state index in [2.05, 4.69) is 5.32 Å². The van der Waals surface area contributed by atoms with Crippen LogP contribution in [0.4, 0.5) is 0 Å². The SMILES string of the molecule is CCOCCCC(=O)N1CCCNCC1. The van der Waals surface area contributed by atoms with Gasteiger partial charge in [-0.15, -0.1) is 0 Å². The van der Waals surface area contributed by atoms with Gasteiger partial charge < -0.3 is 15.0 Å². The number of nitrogens with one attached hydrogen (secondary N) is 1. The van der Waals surface area contributed by atoms with Crippen molar-refractivity contribution in [2.75, 3.05) is 39.4 Å². The second-order valence-electron chi connectivity index (χ2n) is 3.78. The summed E-state index contributed by atoms with van der Waals surface area (Å²) in [4.78, 5) is 13.7. The van der Waals surface area contributed by atoms with Crippen LogP contribution in [0.1, 0.15) is 26.2 Å². The molecule has 1 rings (SSSR count). The summed E-state index contributed by atoms with van der Waals surface area (Å²) in [7, 11) is 0. The molecule has 1 heterocycles. The summed E-state index contributed by atoms with van der Waals surface area (Å²) in [6, 6.07) is 0. The van der Waals surface area contributed by atoms with Crippen LogP contribution in [0.2, 0.25) is 0 Å². The minimum atomic E-state index is 0.276. The summed E-state index contributed by atoms with van der Waals surface area (Å²) in [5, 5.41) is 3.29. The summed E-state index contributed by atoms with van der Waals surface area (Å²) in [5.74, 6) is 0.276. The van der Waals surface area contributed by atoms with E-state index in [1.54, 1.807) is 0 Å². The predicted octanol–water partition coefficient (Wildman–Crippen LogP) is 0.625. The van der Waals surface area contributed by atoms with E-state index in [0.29, 0.717) is 13.0 Å². The molecule has 0 aromatic rings. The fraction of sp³-hybridized carbons (Fsp3) is 0.909. The molecule has 0 unspecified atom stereocenters. The van der Waals surface area contributed by atoms with Gasteiger partial charge in [0.05, 0.1) is 0 Å². The molecule has 1 saturated heterocycles. The predicted molar refractivity (Wildman–Crippen MR) is 59.8 cm³/mol. The Bertz CT molecular complexity index is 177. The Morgan fingerprint density at radius 2 is 2.27 bits per heavy atom.